The van der Waals surface area contributed by atoms with Gasteiger partial charge in [0, 0.05) is 16.8 Å². The van der Waals surface area contributed by atoms with Gasteiger partial charge < -0.3 is 20.4 Å². The highest BCUT2D eigenvalue weighted by atomic mass is 16.3. The van der Waals surface area contributed by atoms with Crippen molar-refractivity contribution in [3.8, 4) is 0 Å². The SMILES string of the molecule is C[C@@H](Nc1ccccc1C(=O)NCc1ccco1)C(=O)Nc1cccc2ccccc12. The predicted molar refractivity (Wildman–Crippen MR) is 122 cm³/mol. The van der Waals surface area contributed by atoms with Crippen LogP contribution in [0.3, 0.4) is 0 Å². The van der Waals surface area contributed by atoms with E-state index in [0.29, 0.717) is 17.0 Å². The van der Waals surface area contributed by atoms with Gasteiger partial charge >= 0.3 is 0 Å². The van der Waals surface area contributed by atoms with Crippen molar-refractivity contribution in [1.82, 2.24) is 5.32 Å². The summed E-state index contributed by atoms with van der Waals surface area (Å²) in [4.78, 5) is 25.5. The molecule has 1 aromatic heterocycles. The third-order valence-electron chi connectivity index (χ3n) is 4.99. The highest BCUT2D eigenvalue weighted by molar-refractivity contribution is 6.05. The maximum Gasteiger partial charge on any atom is 0.253 e. The van der Waals surface area contributed by atoms with Crippen LogP contribution in [0.2, 0.25) is 0 Å². The number of furan rings is 1. The second kappa shape index (κ2) is 9.17. The molecule has 6 nitrogen and oxygen atoms in total. The molecule has 0 aliphatic carbocycles. The summed E-state index contributed by atoms with van der Waals surface area (Å²) in [5.41, 5.74) is 1.79. The van der Waals surface area contributed by atoms with Crippen LogP contribution < -0.4 is 16.0 Å². The third kappa shape index (κ3) is 4.75. The fourth-order valence-corrected chi connectivity index (χ4v) is 3.36. The summed E-state index contributed by atoms with van der Waals surface area (Å²) in [6, 6.07) is 23.8. The van der Waals surface area contributed by atoms with Gasteiger partial charge in [0.15, 0.2) is 0 Å². The largest absolute Gasteiger partial charge is 0.467 e. The van der Waals surface area contributed by atoms with Gasteiger partial charge in [-0.1, -0.05) is 48.5 Å². The minimum atomic E-state index is -0.557. The van der Waals surface area contributed by atoms with Crippen molar-refractivity contribution < 1.29 is 14.0 Å². The normalized spacial score (nSPS) is 11.6. The molecule has 0 saturated carbocycles. The molecule has 3 aromatic carbocycles. The molecule has 2 amide bonds. The zero-order valence-electron chi connectivity index (χ0n) is 17.1. The molecule has 1 heterocycles. The summed E-state index contributed by atoms with van der Waals surface area (Å²) in [6.45, 7) is 2.05. The second-order valence-corrected chi connectivity index (χ2v) is 7.19. The van der Waals surface area contributed by atoms with Gasteiger partial charge in [0.2, 0.25) is 5.91 Å². The van der Waals surface area contributed by atoms with Crippen molar-refractivity contribution >= 4 is 34.0 Å². The number of amides is 2. The van der Waals surface area contributed by atoms with E-state index < -0.39 is 6.04 Å². The van der Waals surface area contributed by atoms with E-state index in [4.69, 9.17) is 4.42 Å². The Kier molecular flexibility index (Phi) is 5.98. The molecule has 0 unspecified atom stereocenters. The zero-order chi connectivity index (χ0) is 21.6. The fraction of sp³-hybridized carbons (Fsp3) is 0.120. The number of hydrogen-bond acceptors (Lipinski definition) is 4. The van der Waals surface area contributed by atoms with Crippen LogP contribution in [0.5, 0.6) is 0 Å². The van der Waals surface area contributed by atoms with Crippen LogP contribution >= 0.6 is 0 Å². The van der Waals surface area contributed by atoms with Gasteiger partial charge in [0.05, 0.1) is 18.4 Å². The van der Waals surface area contributed by atoms with Crippen LogP contribution in [0.1, 0.15) is 23.0 Å². The Bertz CT molecular complexity index is 1200. The molecular weight excluding hydrogens is 390 g/mol. The first-order chi connectivity index (χ1) is 15.1. The first kappa shape index (κ1) is 20.2. The van der Waals surface area contributed by atoms with Gasteiger partial charge in [0.1, 0.15) is 11.8 Å². The molecule has 1 atom stereocenters. The molecule has 0 radical (unpaired) electrons. The number of carbonyl (C=O) groups excluding carboxylic acids is 2. The minimum absolute atomic E-state index is 0.192. The van der Waals surface area contributed by atoms with E-state index >= 15 is 0 Å². The number of carbonyl (C=O) groups is 2. The summed E-state index contributed by atoms with van der Waals surface area (Å²) in [5.74, 6) is 0.227. The molecule has 0 spiro atoms. The number of rotatable bonds is 7. The van der Waals surface area contributed by atoms with Gasteiger partial charge in [-0.05, 0) is 42.6 Å². The first-order valence-corrected chi connectivity index (χ1v) is 10.1. The van der Waals surface area contributed by atoms with Crippen LogP contribution in [0.4, 0.5) is 11.4 Å². The lowest BCUT2D eigenvalue weighted by Gasteiger charge is -2.18. The Morgan fingerprint density at radius 3 is 2.45 bits per heavy atom. The van der Waals surface area contributed by atoms with E-state index in [0.717, 1.165) is 16.5 Å². The molecule has 156 valence electrons. The van der Waals surface area contributed by atoms with Gasteiger partial charge in [-0.3, -0.25) is 9.59 Å². The Balaban J connectivity index is 1.45. The Morgan fingerprint density at radius 2 is 1.61 bits per heavy atom. The van der Waals surface area contributed by atoms with Crippen LogP contribution in [0.15, 0.2) is 89.5 Å². The number of anilines is 2. The zero-order valence-corrected chi connectivity index (χ0v) is 17.1. The summed E-state index contributed by atoms with van der Waals surface area (Å²) in [6.07, 6.45) is 1.56. The molecule has 0 aliphatic heterocycles. The average Bonchev–Trinajstić information content (AvgIpc) is 3.32. The number of fused-ring (bicyclic) bond motifs is 1. The van der Waals surface area contributed by atoms with Crippen molar-refractivity contribution in [1.29, 1.82) is 0 Å². The van der Waals surface area contributed by atoms with Gasteiger partial charge in [-0.25, -0.2) is 0 Å². The molecule has 0 saturated heterocycles. The molecule has 0 aliphatic rings. The Morgan fingerprint density at radius 1 is 0.871 bits per heavy atom. The maximum atomic E-state index is 12.8. The number of nitrogens with one attached hydrogen (secondary N) is 3. The van der Waals surface area contributed by atoms with Crippen LogP contribution in [-0.2, 0) is 11.3 Å². The summed E-state index contributed by atoms with van der Waals surface area (Å²) in [7, 11) is 0. The van der Waals surface area contributed by atoms with Crippen molar-refractivity contribution in [2.45, 2.75) is 19.5 Å². The predicted octanol–water partition coefficient (Wildman–Crippen LogP) is 4.80. The smallest absolute Gasteiger partial charge is 0.253 e. The lowest BCUT2D eigenvalue weighted by atomic mass is 10.1. The van der Waals surface area contributed by atoms with Crippen molar-refractivity contribution in [3.05, 3.63) is 96.4 Å². The molecule has 0 bridgehead atoms. The maximum absolute atomic E-state index is 12.8. The minimum Gasteiger partial charge on any atom is -0.467 e. The number of hydrogen-bond donors (Lipinski definition) is 3. The Labute approximate surface area is 180 Å². The van der Waals surface area contributed by atoms with Crippen molar-refractivity contribution in [2.75, 3.05) is 10.6 Å². The quantitative estimate of drug-likeness (QED) is 0.406. The topological polar surface area (TPSA) is 83.4 Å². The van der Waals surface area contributed by atoms with Gasteiger partial charge in [-0.15, -0.1) is 0 Å². The van der Waals surface area contributed by atoms with E-state index in [1.165, 1.54) is 0 Å². The average molecular weight is 413 g/mol. The first-order valence-electron chi connectivity index (χ1n) is 10.1. The Hall–Kier alpha value is -4.06. The summed E-state index contributed by atoms with van der Waals surface area (Å²) in [5, 5.41) is 11.0. The molecule has 31 heavy (non-hydrogen) atoms. The summed E-state index contributed by atoms with van der Waals surface area (Å²) < 4.78 is 5.25. The fourth-order valence-electron chi connectivity index (χ4n) is 3.36. The second-order valence-electron chi connectivity index (χ2n) is 7.19. The van der Waals surface area contributed by atoms with E-state index in [9.17, 15) is 9.59 Å². The van der Waals surface area contributed by atoms with E-state index in [1.54, 1.807) is 43.5 Å². The van der Waals surface area contributed by atoms with Crippen LogP contribution in [-0.4, -0.2) is 17.9 Å². The summed E-state index contributed by atoms with van der Waals surface area (Å²) >= 11 is 0. The molecule has 6 heteroatoms. The monoisotopic (exact) mass is 413 g/mol. The number of para-hydroxylation sites is 1. The molecule has 3 N–H and O–H groups in total. The van der Waals surface area contributed by atoms with Crippen LogP contribution in [0, 0.1) is 0 Å². The van der Waals surface area contributed by atoms with Gasteiger partial charge in [-0.2, -0.15) is 0 Å². The van der Waals surface area contributed by atoms with Gasteiger partial charge in [0.25, 0.3) is 5.91 Å². The molecule has 4 aromatic rings. The van der Waals surface area contributed by atoms with E-state index in [1.807, 2.05) is 48.5 Å². The lowest BCUT2D eigenvalue weighted by molar-refractivity contribution is -0.116. The highest BCUT2D eigenvalue weighted by Crippen LogP contribution is 2.23. The highest BCUT2D eigenvalue weighted by Gasteiger charge is 2.18. The molecular formula is C25H23N3O3. The molecule has 0 fully saturated rings. The third-order valence-corrected chi connectivity index (χ3v) is 4.99. The van der Waals surface area contributed by atoms with E-state index in [-0.39, 0.29) is 18.4 Å². The van der Waals surface area contributed by atoms with Crippen LogP contribution in [0.25, 0.3) is 10.8 Å². The van der Waals surface area contributed by atoms with Crippen molar-refractivity contribution in [2.24, 2.45) is 0 Å². The van der Waals surface area contributed by atoms with E-state index in [2.05, 4.69) is 16.0 Å². The number of benzene rings is 3. The van der Waals surface area contributed by atoms with Crippen molar-refractivity contribution in [3.63, 3.8) is 0 Å². The lowest BCUT2D eigenvalue weighted by Crippen LogP contribution is -2.33. The standard InChI is InChI=1S/C25H23N3O3/c1-17(24(29)28-22-14-6-9-18-8-2-3-11-20(18)22)27-23-13-5-4-12-21(23)25(30)26-16-19-10-7-15-31-19/h2-15,17,27H,16H2,1H3,(H,26,30)(H,28,29)/t17-/m1/s1. The molecule has 4 rings (SSSR count).